The highest BCUT2D eigenvalue weighted by atomic mass is 16.2. The third kappa shape index (κ3) is 2.78. The SMILES string of the molecule is Cc1nn(Cc2ccccc2)c(C)c1[C@@H]1NC(=O)c2ccccc2N1. The Hall–Kier alpha value is -3.08. The van der Waals surface area contributed by atoms with Gasteiger partial charge in [0.25, 0.3) is 5.91 Å². The summed E-state index contributed by atoms with van der Waals surface area (Å²) in [7, 11) is 0. The molecule has 25 heavy (non-hydrogen) atoms. The Labute approximate surface area is 146 Å². The van der Waals surface area contributed by atoms with E-state index < -0.39 is 0 Å². The molecule has 3 aromatic rings. The van der Waals surface area contributed by atoms with Gasteiger partial charge in [-0.1, -0.05) is 42.5 Å². The number of rotatable bonds is 3. The first-order valence-electron chi connectivity index (χ1n) is 8.38. The molecule has 2 heterocycles. The Balaban J connectivity index is 1.67. The number of fused-ring (bicyclic) bond motifs is 1. The van der Waals surface area contributed by atoms with Gasteiger partial charge in [-0.3, -0.25) is 9.48 Å². The van der Waals surface area contributed by atoms with Gasteiger partial charge in [0.1, 0.15) is 6.17 Å². The fourth-order valence-electron chi connectivity index (χ4n) is 3.39. The van der Waals surface area contributed by atoms with Gasteiger partial charge >= 0.3 is 0 Å². The van der Waals surface area contributed by atoms with Gasteiger partial charge in [-0.15, -0.1) is 0 Å². The van der Waals surface area contributed by atoms with Crippen molar-refractivity contribution < 1.29 is 4.79 Å². The quantitative estimate of drug-likeness (QED) is 0.773. The van der Waals surface area contributed by atoms with E-state index in [9.17, 15) is 4.79 Å². The predicted molar refractivity (Wildman–Crippen MR) is 97.5 cm³/mol. The number of carbonyl (C=O) groups is 1. The van der Waals surface area contributed by atoms with Crippen LogP contribution in [0.2, 0.25) is 0 Å². The summed E-state index contributed by atoms with van der Waals surface area (Å²) in [5.74, 6) is -0.0611. The molecule has 0 saturated heterocycles. The normalized spacial score (nSPS) is 16.1. The van der Waals surface area contributed by atoms with E-state index in [1.54, 1.807) is 0 Å². The molecule has 0 saturated carbocycles. The van der Waals surface area contributed by atoms with Crippen molar-refractivity contribution in [2.45, 2.75) is 26.6 Å². The second kappa shape index (κ2) is 6.09. The van der Waals surface area contributed by atoms with E-state index in [1.165, 1.54) is 5.56 Å². The number of carbonyl (C=O) groups excluding carboxylic acids is 1. The second-order valence-corrected chi connectivity index (χ2v) is 6.32. The van der Waals surface area contributed by atoms with E-state index in [-0.39, 0.29) is 12.1 Å². The van der Waals surface area contributed by atoms with Gasteiger partial charge in [0.15, 0.2) is 0 Å². The highest BCUT2D eigenvalue weighted by Crippen LogP contribution is 2.29. The first kappa shape index (κ1) is 15.4. The van der Waals surface area contributed by atoms with Crippen molar-refractivity contribution in [2.24, 2.45) is 0 Å². The van der Waals surface area contributed by atoms with Gasteiger partial charge in [-0.05, 0) is 31.5 Å². The molecule has 4 rings (SSSR count). The molecule has 1 aliphatic rings. The number of nitrogens with zero attached hydrogens (tertiary/aromatic N) is 2. The molecule has 1 amide bonds. The highest BCUT2D eigenvalue weighted by molar-refractivity contribution is 6.01. The molecule has 0 radical (unpaired) electrons. The molecule has 0 fully saturated rings. The lowest BCUT2D eigenvalue weighted by molar-refractivity contribution is 0.0935. The highest BCUT2D eigenvalue weighted by Gasteiger charge is 2.28. The first-order chi connectivity index (χ1) is 12.1. The number of benzene rings is 2. The van der Waals surface area contributed by atoms with Crippen LogP contribution in [0.4, 0.5) is 5.69 Å². The maximum absolute atomic E-state index is 12.4. The lowest BCUT2D eigenvalue weighted by atomic mass is 10.0. The Morgan fingerprint density at radius 2 is 1.72 bits per heavy atom. The molecule has 5 nitrogen and oxygen atoms in total. The molecule has 0 bridgehead atoms. The maximum atomic E-state index is 12.4. The van der Waals surface area contributed by atoms with Crippen LogP contribution in [0.5, 0.6) is 0 Å². The second-order valence-electron chi connectivity index (χ2n) is 6.32. The lowest BCUT2D eigenvalue weighted by Crippen LogP contribution is -2.39. The van der Waals surface area contributed by atoms with Crippen LogP contribution in [0.15, 0.2) is 54.6 Å². The molecule has 1 atom stereocenters. The number of aromatic nitrogens is 2. The molecule has 0 unspecified atom stereocenters. The van der Waals surface area contributed by atoms with Crippen LogP contribution < -0.4 is 10.6 Å². The summed E-state index contributed by atoms with van der Waals surface area (Å²) in [6.07, 6.45) is -0.271. The predicted octanol–water partition coefficient (Wildman–Crippen LogP) is 3.40. The van der Waals surface area contributed by atoms with Crippen molar-refractivity contribution in [1.29, 1.82) is 0 Å². The van der Waals surface area contributed by atoms with Gasteiger partial charge in [0.2, 0.25) is 0 Å². The zero-order valence-corrected chi connectivity index (χ0v) is 14.3. The van der Waals surface area contributed by atoms with E-state index in [4.69, 9.17) is 0 Å². The van der Waals surface area contributed by atoms with Crippen LogP contribution >= 0.6 is 0 Å². The minimum absolute atomic E-state index is 0.0611. The summed E-state index contributed by atoms with van der Waals surface area (Å²) in [5.41, 5.74) is 5.73. The first-order valence-corrected chi connectivity index (χ1v) is 8.38. The van der Waals surface area contributed by atoms with Crippen molar-refractivity contribution in [3.8, 4) is 0 Å². The Morgan fingerprint density at radius 1 is 1.00 bits per heavy atom. The molecule has 0 aliphatic carbocycles. The fourth-order valence-corrected chi connectivity index (χ4v) is 3.39. The monoisotopic (exact) mass is 332 g/mol. The van der Waals surface area contributed by atoms with Crippen molar-refractivity contribution in [3.63, 3.8) is 0 Å². The van der Waals surface area contributed by atoms with Crippen LogP contribution in [0.25, 0.3) is 0 Å². The summed E-state index contributed by atoms with van der Waals surface area (Å²) in [5, 5.41) is 11.1. The molecule has 0 spiro atoms. The molecule has 2 aromatic carbocycles. The Kier molecular flexibility index (Phi) is 3.76. The molecular weight excluding hydrogens is 312 g/mol. The summed E-state index contributed by atoms with van der Waals surface area (Å²) in [6, 6.07) is 17.8. The molecule has 1 aliphatic heterocycles. The number of anilines is 1. The number of para-hydroxylation sites is 1. The summed E-state index contributed by atoms with van der Waals surface area (Å²) >= 11 is 0. The largest absolute Gasteiger partial charge is 0.361 e. The lowest BCUT2D eigenvalue weighted by Gasteiger charge is -2.28. The van der Waals surface area contributed by atoms with Gasteiger partial charge in [-0.2, -0.15) is 5.10 Å². The molecule has 5 heteroatoms. The van der Waals surface area contributed by atoms with Gasteiger partial charge in [0.05, 0.1) is 17.8 Å². The topological polar surface area (TPSA) is 59.0 Å². The van der Waals surface area contributed by atoms with Crippen LogP contribution in [-0.4, -0.2) is 15.7 Å². The van der Waals surface area contributed by atoms with Gasteiger partial charge in [-0.25, -0.2) is 0 Å². The van der Waals surface area contributed by atoms with Crippen molar-refractivity contribution in [2.75, 3.05) is 5.32 Å². The number of hydrogen-bond acceptors (Lipinski definition) is 3. The van der Waals surface area contributed by atoms with Gasteiger partial charge < -0.3 is 10.6 Å². The van der Waals surface area contributed by atoms with Crippen LogP contribution in [0, 0.1) is 13.8 Å². The molecule has 2 N–H and O–H groups in total. The van der Waals surface area contributed by atoms with Crippen molar-refractivity contribution in [1.82, 2.24) is 15.1 Å². The Morgan fingerprint density at radius 3 is 2.52 bits per heavy atom. The summed E-state index contributed by atoms with van der Waals surface area (Å²) < 4.78 is 1.99. The summed E-state index contributed by atoms with van der Waals surface area (Å²) in [6.45, 7) is 4.75. The van der Waals surface area contributed by atoms with E-state index in [1.807, 2.05) is 61.0 Å². The van der Waals surface area contributed by atoms with Crippen LogP contribution in [-0.2, 0) is 6.54 Å². The van der Waals surface area contributed by atoms with E-state index >= 15 is 0 Å². The smallest absolute Gasteiger partial charge is 0.255 e. The van der Waals surface area contributed by atoms with Crippen LogP contribution in [0.1, 0.15) is 39.0 Å². The van der Waals surface area contributed by atoms with Crippen molar-refractivity contribution in [3.05, 3.63) is 82.7 Å². The number of hydrogen-bond donors (Lipinski definition) is 2. The van der Waals surface area contributed by atoms with E-state index in [0.29, 0.717) is 12.1 Å². The number of amides is 1. The van der Waals surface area contributed by atoms with E-state index in [2.05, 4.69) is 27.9 Å². The minimum Gasteiger partial charge on any atom is -0.361 e. The summed E-state index contributed by atoms with van der Waals surface area (Å²) in [4.78, 5) is 12.4. The molecule has 1 aromatic heterocycles. The molecular formula is C20H20N4O. The average Bonchev–Trinajstić information content (AvgIpc) is 2.89. The van der Waals surface area contributed by atoms with Crippen LogP contribution in [0.3, 0.4) is 0 Å². The number of aryl methyl sites for hydroxylation is 1. The standard InChI is InChI=1S/C20H20N4O/c1-13-18(14(2)24(23-13)12-15-8-4-3-5-9-15)19-21-17-11-7-6-10-16(17)20(25)22-19/h3-11,19,21H,12H2,1-2H3,(H,22,25)/t19-/m0/s1. The number of nitrogens with one attached hydrogen (secondary N) is 2. The van der Waals surface area contributed by atoms with E-state index in [0.717, 1.165) is 22.6 Å². The zero-order valence-electron chi connectivity index (χ0n) is 14.3. The average molecular weight is 332 g/mol. The minimum atomic E-state index is -0.271. The molecule has 126 valence electrons. The third-order valence-electron chi connectivity index (χ3n) is 4.65. The maximum Gasteiger partial charge on any atom is 0.255 e. The van der Waals surface area contributed by atoms with Gasteiger partial charge in [0, 0.05) is 16.9 Å². The Bertz CT molecular complexity index is 930. The fraction of sp³-hybridized carbons (Fsp3) is 0.200. The third-order valence-corrected chi connectivity index (χ3v) is 4.65. The zero-order chi connectivity index (χ0) is 17.4. The van der Waals surface area contributed by atoms with Crippen molar-refractivity contribution >= 4 is 11.6 Å².